The van der Waals surface area contributed by atoms with Gasteiger partial charge in [0.1, 0.15) is 0 Å². The standard InChI is InChI=1S/C22H29NO4S/c1-7-23(16(2)22(3,4)5)28(25,26)20-14-12-18(13-15-20)17-8-10-19(11-9-17)21(24)27-6/h8-16H,7H2,1-6H3. The molecule has 0 amide bonds. The van der Waals surface area contributed by atoms with Gasteiger partial charge in [-0.3, -0.25) is 0 Å². The van der Waals surface area contributed by atoms with E-state index < -0.39 is 10.0 Å². The second-order valence-electron chi connectivity index (χ2n) is 7.84. The Hall–Kier alpha value is -2.18. The van der Waals surface area contributed by atoms with Gasteiger partial charge in [-0.1, -0.05) is 52.0 Å². The number of methoxy groups -OCH3 is 1. The van der Waals surface area contributed by atoms with Gasteiger partial charge in [-0.2, -0.15) is 4.31 Å². The Balaban J connectivity index is 2.31. The molecule has 2 rings (SSSR count). The van der Waals surface area contributed by atoms with Crippen LogP contribution in [0.15, 0.2) is 53.4 Å². The maximum Gasteiger partial charge on any atom is 0.337 e. The largest absolute Gasteiger partial charge is 0.465 e. The van der Waals surface area contributed by atoms with Crippen molar-refractivity contribution in [1.29, 1.82) is 0 Å². The maximum atomic E-state index is 13.1. The van der Waals surface area contributed by atoms with Gasteiger partial charge in [0.2, 0.25) is 10.0 Å². The van der Waals surface area contributed by atoms with Crippen molar-refractivity contribution in [2.75, 3.05) is 13.7 Å². The van der Waals surface area contributed by atoms with Crippen LogP contribution in [0.3, 0.4) is 0 Å². The number of nitrogens with zero attached hydrogens (tertiary/aromatic N) is 1. The van der Waals surface area contributed by atoms with E-state index in [0.717, 1.165) is 11.1 Å². The molecular weight excluding hydrogens is 374 g/mol. The van der Waals surface area contributed by atoms with Crippen LogP contribution < -0.4 is 0 Å². The lowest BCUT2D eigenvalue weighted by Crippen LogP contribution is -2.45. The van der Waals surface area contributed by atoms with Crippen molar-refractivity contribution in [3.05, 3.63) is 54.1 Å². The molecule has 0 aromatic heterocycles. The number of ether oxygens (including phenoxy) is 1. The number of hydrogen-bond acceptors (Lipinski definition) is 4. The second-order valence-corrected chi connectivity index (χ2v) is 9.73. The van der Waals surface area contributed by atoms with Crippen LogP contribution in [0.2, 0.25) is 0 Å². The normalized spacial score (nSPS) is 13.4. The lowest BCUT2D eigenvalue weighted by Gasteiger charge is -2.36. The van der Waals surface area contributed by atoms with Crippen molar-refractivity contribution in [3.63, 3.8) is 0 Å². The Kier molecular flexibility index (Phi) is 6.67. The maximum absolute atomic E-state index is 13.1. The SMILES string of the molecule is CCN(C(C)C(C)(C)C)S(=O)(=O)c1ccc(-c2ccc(C(=O)OC)cc2)cc1. The Morgan fingerprint density at radius 3 is 1.86 bits per heavy atom. The summed E-state index contributed by atoms with van der Waals surface area (Å²) in [6.07, 6.45) is 0. The third kappa shape index (κ3) is 4.62. The van der Waals surface area contributed by atoms with Crippen LogP contribution in [-0.4, -0.2) is 38.4 Å². The molecule has 1 atom stereocenters. The van der Waals surface area contributed by atoms with Crippen LogP contribution in [-0.2, 0) is 14.8 Å². The summed E-state index contributed by atoms with van der Waals surface area (Å²) < 4.78 is 32.5. The lowest BCUT2D eigenvalue weighted by atomic mass is 9.88. The molecule has 0 aliphatic rings. The minimum Gasteiger partial charge on any atom is -0.465 e. The highest BCUT2D eigenvalue weighted by Gasteiger charge is 2.34. The highest BCUT2D eigenvalue weighted by Crippen LogP contribution is 2.30. The van der Waals surface area contributed by atoms with Crippen molar-refractivity contribution < 1.29 is 17.9 Å². The van der Waals surface area contributed by atoms with Crippen molar-refractivity contribution in [3.8, 4) is 11.1 Å². The molecule has 2 aromatic carbocycles. The Labute approximate surface area is 168 Å². The van der Waals surface area contributed by atoms with E-state index in [2.05, 4.69) is 0 Å². The fourth-order valence-electron chi connectivity index (χ4n) is 2.96. The third-order valence-electron chi connectivity index (χ3n) is 5.10. The van der Waals surface area contributed by atoms with Gasteiger partial charge >= 0.3 is 5.97 Å². The monoisotopic (exact) mass is 403 g/mol. The van der Waals surface area contributed by atoms with Crippen LogP contribution >= 0.6 is 0 Å². The number of carbonyl (C=O) groups excluding carboxylic acids is 1. The molecule has 6 heteroatoms. The molecule has 0 spiro atoms. The summed E-state index contributed by atoms with van der Waals surface area (Å²) in [6, 6.07) is 13.7. The van der Waals surface area contributed by atoms with Crippen LogP contribution in [0.1, 0.15) is 45.0 Å². The average molecular weight is 404 g/mol. The van der Waals surface area contributed by atoms with Crippen molar-refractivity contribution in [1.82, 2.24) is 4.31 Å². The molecule has 28 heavy (non-hydrogen) atoms. The molecule has 0 radical (unpaired) electrons. The number of rotatable bonds is 6. The van der Waals surface area contributed by atoms with Crippen LogP contribution in [0, 0.1) is 5.41 Å². The minimum absolute atomic E-state index is 0.131. The average Bonchev–Trinajstić information content (AvgIpc) is 2.67. The lowest BCUT2D eigenvalue weighted by molar-refractivity contribution is 0.0600. The first-order chi connectivity index (χ1) is 13.0. The highest BCUT2D eigenvalue weighted by atomic mass is 32.2. The Bertz CT molecular complexity index is 911. The molecule has 0 fully saturated rings. The van der Waals surface area contributed by atoms with E-state index in [-0.39, 0.29) is 22.3 Å². The number of hydrogen-bond donors (Lipinski definition) is 0. The predicted molar refractivity (Wildman–Crippen MR) is 112 cm³/mol. The van der Waals surface area contributed by atoms with Crippen LogP contribution in [0.5, 0.6) is 0 Å². The molecule has 0 saturated heterocycles. The minimum atomic E-state index is -3.58. The summed E-state index contributed by atoms with van der Waals surface area (Å²) in [4.78, 5) is 11.8. The van der Waals surface area contributed by atoms with Crippen LogP contribution in [0.25, 0.3) is 11.1 Å². The van der Waals surface area contributed by atoms with Gasteiger partial charge in [-0.25, -0.2) is 13.2 Å². The van der Waals surface area contributed by atoms with E-state index >= 15 is 0 Å². The van der Waals surface area contributed by atoms with E-state index in [1.807, 2.05) is 46.8 Å². The molecule has 1 unspecified atom stereocenters. The summed E-state index contributed by atoms with van der Waals surface area (Å²) in [5.41, 5.74) is 2.08. The summed E-state index contributed by atoms with van der Waals surface area (Å²) in [5.74, 6) is -0.388. The van der Waals surface area contributed by atoms with E-state index in [4.69, 9.17) is 4.74 Å². The second kappa shape index (κ2) is 8.45. The number of carbonyl (C=O) groups is 1. The molecule has 0 bridgehead atoms. The summed E-state index contributed by atoms with van der Waals surface area (Å²) in [7, 11) is -2.24. The molecule has 0 N–H and O–H groups in total. The fraction of sp³-hybridized carbons (Fsp3) is 0.409. The fourth-order valence-corrected chi connectivity index (χ4v) is 4.78. The first-order valence-corrected chi connectivity index (χ1v) is 10.8. The molecule has 0 aliphatic carbocycles. The van der Waals surface area contributed by atoms with Gasteiger partial charge in [0.15, 0.2) is 0 Å². The number of sulfonamides is 1. The Morgan fingerprint density at radius 1 is 1.00 bits per heavy atom. The smallest absolute Gasteiger partial charge is 0.337 e. The molecule has 5 nitrogen and oxygen atoms in total. The molecular formula is C22H29NO4S. The van der Waals surface area contributed by atoms with Gasteiger partial charge < -0.3 is 4.74 Å². The van der Waals surface area contributed by atoms with E-state index in [1.165, 1.54) is 7.11 Å². The summed E-state index contributed by atoms with van der Waals surface area (Å²) >= 11 is 0. The zero-order valence-electron chi connectivity index (χ0n) is 17.4. The molecule has 0 heterocycles. The van der Waals surface area contributed by atoms with E-state index in [1.54, 1.807) is 40.7 Å². The first-order valence-electron chi connectivity index (χ1n) is 9.33. The van der Waals surface area contributed by atoms with Gasteiger partial charge in [0.25, 0.3) is 0 Å². The van der Waals surface area contributed by atoms with Gasteiger partial charge in [-0.05, 0) is 47.7 Å². The van der Waals surface area contributed by atoms with Crippen molar-refractivity contribution in [2.45, 2.75) is 45.6 Å². The third-order valence-corrected chi connectivity index (χ3v) is 7.16. The Morgan fingerprint density at radius 2 is 1.46 bits per heavy atom. The van der Waals surface area contributed by atoms with Crippen molar-refractivity contribution in [2.24, 2.45) is 5.41 Å². The molecule has 0 saturated carbocycles. The first kappa shape index (κ1) is 22.1. The molecule has 0 aliphatic heterocycles. The van der Waals surface area contributed by atoms with Gasteiger partial charge in [0, 0.05) is 12.6 Å². The summed E-state index contributed by atoms with van der Waals surface area (Å²) in [6.45, 7) is 10.3. The summed E-state index contributed by atoms with van der Waals surface area (Å²) in [5, 5.41) is 0. The highest BCUT2D eigenvalue weighted by molar-refractivity contribution is 7.89. The zero-order valence-corrected chi connectivity index (χ0v) is 18.2. The molecule has 152 valence electrons. The quantitative estimate of drug-likeness (QED) is 0.662. The van der Waals surface area contributed by atoms with Crippen LogP contribution in [0.4, 0.5) is 0 Å². The van der Waals surface area contributed by atoms with Gasteiger partial charge in [-0.15, -0.1) is 0 Å². The molecule has 2 aromatic rings. The zero-order chi connectivity index (χ0) is 21.1. The number of esters is 1. The van der Waals surface area contributed by atoms with E-state index in [9.17, 15) is 13.2 Å². The van der Waals surface area contributed by atoms with E-state index in [0.29, 0.717) is 12.1 Å². The predicted octanol–water partition coefficient (Wildman–Crippen LogP) is 4.59. The van der Waals surface area contributed by atoms with Gasteiger partial charge in [0.05, 0.1) is 17.6 Å². The topological polar surface area (TPSA) is 63.7 Å². The number of benzene rings is 2. The van der Waals surface area contributed by atoms with Crippen molar-refractivity contribution >= 4 is 16.0 Å².